The molecule has 0 aliphatic rings. The molecule has 5 nitrogen and oxygen atoms in total. The Bertz CT molecular complexity index is 1040. The average Bonchev–Trinajstić information content (AvgIpc) is 2.73. The van der Waals surface area contributed by atoms with Crippen molar-refractivity contribution in [1.82, 2.24) is 5.32 Å². The van der Waals surface area contributed by atoms with Gasteiger partial charge in [0.15, 0.2) is 11.0 Å². The van der Waals surface area contributed by atoms with Crippen LogP contribution in [0.25, 0.3) is 22.3 Å². The van der Waals surface area contributed by atoms with Gasteiger partial charge in [0, 0.05) is 30.9 Å². The first-order valence-electron chi connectivity index (χ1n) is 9.97. The molecule has 0 aliphatic carbocycles. The molecule has 0 aliphatic heterocycles. The second-order valence-electron chi connectivity index (χ2n) is 7.51. The zero-order valence-corrected chi connectivity index (χ0v) is 17.2. The maximum absolute atomic E-state index is 12.9. The van der Waals surface area contributed by atoms with Gasteiger partial charge in [0.05, 0.1) is 10.9 Å². The highest BCUT2D eigenvalue weighted by atomic mass is 16.5. The van der Waals surface area contributed by atoms with E-state index in [-0.39, 0.29) is 11.3 Å². The minimum absolute atomic E-state index is 0.123. The monoisotopic (exact) mass is 393 g/mol. The molecule has 3 aromatic rings. The van der Waals surface area contributed by atoms with Crippen molar-refractivity contribution in [1.29, 1.82) is 0 Å². The maximum atomic E-state index is 12.9. The van der Waals surface area contributed by atoms with Crippen LogP contribution in [0.15, 0.2) is 57.7 Å². The molecule has 0 saturated carbocycles. The Morgan fingerprint density at radius 2 is 1.86 bits per heavy atom. The first-order valence-corrected chi connectivity index (χ1v) is 9.97. The van der Waals surface area contributed by atoms with Crippen LogP contribution < -0.4 is 10.7 Å². The average molecular weight is 393 g/mol. The standard InChI is InChI=1S/C24H27NO4/c1-16(2)15-28-14-8-13-25-24(27)20-12-7-11-19-21(26)17(3)22(29-23(19)20)18-9-5-4-6-10-18/h4-7,9-12,16H,8,13-15H2,1-3H3,(H,25,27). The fourth-order valence-electron chi connectivity index (χ4n) is 3.14. The van der Waals surface area contributed by atoms with Crippen LogP contribution in [0.2, 0.25) is 0 Å². The second kappa shape index (κ2) is 9.52. The third kappa shape index (κ3) is 4.93. The van der Waals surface area contributed by atoms with Crippen LogP contribution in [0.1, 0.15) is 36.2 Å². The lowest BCUT2D eigenvalue weighted by atomic mass is 10.0. The topological polar surface area (TPSA) is 68.5 Å². The fraction of sp³-hybridized carbons (Fsp3) is 0.333. The minimum Gasteiger partial charge on any atom is -0.455 e. The molecule has 0 unspecified atom stereocenters. The van der Waals surface area contributed by atoms with Crippen LogP contribution in [0.3, 0.4) is 0 Å². The summed E-state index contributed by atoms with van der Waals surface area (Å²) in [6, 6.07) is 14.5. The van der Waals surface area contributed by atoms with Crippen molar-refractivity contribution in [3.8, 4) is 11.3 Å². The van der Waals surface area contributed by atoms with Crippen molar-refractivity contribution in [3.63, 3.8) is 0 Å². The highest BCUT2D eigenvalue weighted by molar-refractivity contribution is 6.05. The number of rotatable bonds is 8. The summed E-state index contributed by atoms with van der Waals surface area (Å²) in [5, 5.41) is 3.30. The van der Waals surface area contributed by atoms with E-state index in [4.69, 9.17) is 9.15 Å². The van der Waals surface area contributed by atoms with Crippen molar-refractivity contribution in [3.05, 3.63) is 69.9 Å². The van der Waals surface area contributed by atoms with E-state index in [1.54, 1.807) is 25.1 Å². The number of ether oxygens (including phenoxy) is 1. The number of amides is 1. The van der Waals surface area contributed by atoms with Crippen LogP contribution in [-0.2, 0) is 4.74 Å². The molecule has 0 radical (unpaired) electrons. The van der Waals surface area contributed by atoms with E-state index in [1.807, 2.05) is 30.3 Å². The van der Waals surface area contributed by atoms with Gasteiger partial charge < -0.3 is 14.5 Å². The molecule has 3 rings (SSSR count). The molecule has 0 saturated heterocycles. The molecule has 1 amide bonds. The molecule has 5 heteroatoms. The fourth-order valence-corrected chi connectivity index (χ4v) is 3.14. The number of fused-ring (bicyclic) bond motifs is 1. The van der Waals surface area contributed by atoms with Crippen LogP contribution in [0.5, 0.6) is 0 Å². The van der Waals surface area contributed by atoms with Gasteiger partial charge in [-0.1, -0.05) is 50.2 Å². The molecule has 29 heavy (non-hydrogen) atoms. The molecule has 152 valence electrons. The van der Waals surface area contributed by atoms with E-state index in [0.717, 1.165) is 12.0 Å². The summed E-state index contributed by atoms with van der Waals surface area (Å²) < 4.78 is 11.6. The number of hydrogen-bond donors (Lipinski definition) is 1. The van der Waals surface area contributed by atoms with Crippen molar-refractivity contribution in [2.45, 2.75) is 27.2 Å². The minimum atomic E-state index is -0.259. The van der Waals surface area contributed by atoms with Gasteiger partial charge in [-0.05, 0) is 31.4 Å². The number of nitrogens with one attached hydrogen (secondary N) is 1. The van der Waals surface area contributed by atoms with Crippen LogP contribution in [0.4, 0.5) is 0 Å². The normalized spacial score (nSPS) is 11.2. The molecular formula is C24H27NO4. The van der Waals surface area contributed by atoms with Crippen molar-refractivity contribution < 1.29 is 13.9 Å². The number of carbonyl (C=O) groups excluding carboxylic acids is 1. The van der Waals surface area contributed by atoms with E-state index in [0.29, 0.717) is 53.5 Å². The summed E-state index contributed by atoms with van der Waals surface area (Å²) in [5.74, 6) is 0.723. The van der Waals surface area contributed by atoms with Crippen LogP contribution in [-0.4, -0.2) is 25.7 Å². The van der Waals surface area contributed by atoms with Gasteiger partial charge in [-0.3, -0.25) is 9.59 Å². The van der Waals surface area contributed by atoms with E-state index in [2.05, 4.69) is 19.2 Å². The molecular weight excluding hydrogens is 366 g/mol. The largest absolute Gasteiger partial charge is 0.455 e. The lowest BCUT2D eigenvalue weighted by molar-refractivity contribution is 0.0925. The predicted octanol–water partition coefficient (Wildman–Crippen LogP) is 4.56. The summed E-state index contributed by atoms with van der Waals surface area (Å²) in [7, 11) is 0. The van der Waals surface area contributed by atoms with E-state index in [1.165, 1.54) is 0 Å². The SMILES string of the molecule is Cc1c(-c2ccccc2)oc2c(C(=O)NCCCOCC(C)C)cccc2c1=O. The quantitative estimate of drug-likeness (QED) is 0.570. The number of carbonyl (C=O) groups is 1. The van der Waals surface area contributed by atoms with Crippen LogP contribution >= 0.6 is 0 Å². The zero-order valence-electron chi connectivity index (χ0n) is 17.2. The Balaban J connectivity index is 1.84. The number of hydrogen-bond acceptors (Lipinski definition) is 4. The van der Waals surface area contributed by atoms with Crippen molar-refractivity contribution in [2.24, 2.45) is 5.92 Å². The molecule has 0 bridgehead atoms. The summed E-state index contributed by atoms with van der Waals surface area (Å²) >= 11 is 0. The molecule has 0 atom stereocenters. The van der Waals surface area contributed by atoms with Gasteiger partial charge in [-0.15, -0.1) is 0 Å². The maximum Gasteiger partial charge on any atom is 0.255 e. The Morgan fingerprint density at radius 3 is 2.59 bits per heavy atom. The van der Waals surface area contributed by atoms with E-state index >= 15 is 0 Å². The Kier molecular flexibility index (Phi) is 6.83. The van der Waals surface area contributed by atoms with Gasteiger partial charge in [0.25, 0.3) is 5.91 Å². The third-order valence-electron chi connectivity index (χ3n) is 4.63. The summed E-state index contributed by atoms with van der Waals surface area (Å²) in [5.41, 5.74) is 1.89. The number of para-hydroxylation sites is 1. The van der Waals surface area contributed by atoms with E-state index < -0.39 is 0 Å². The van der Waals surface area contributed by atoms with Gasteiger partial charge in [0.2, 0.25) is 0 Å². The van der Waals surface area contributed by atoms with Crippen molar-refractivity contribution >= 4 is 16.9 Å². The zero-order chi connectivity index (χ0) is 20.8. The highest BCUT2D eigenvalue weighted by Crippen LogP contribution is 2.27. The molecule has 2 aromatic carbocycles. The predicted molar refractivity (Wildman–Crippen MR) is 115 cm³/mol. The van der Waals surface area contributed by atoms with Gasteiger partial charge >= 0.3 is 0 Å². The van der Waals surface area contributed by atoms with E-state index in [9.17, 15) is 9.59 Å². The summed E-state index contributed by atoms with van der Waals surface area (Å²) in [4.78, 5) is 25.6. The first-order chi connectivity index (χ1) is 14.0. The molecule has 1 N–H and O–H groups in total. The smallest absolute Gasteiger partial charge is 0.255 e. The number of benzene rings is 2. The van der Waals surface area contributed by atoms with Crippen LogP contribution in [0, 0.1) is 12.8 Å². The Hall–Kier alpha value is -2.92. The highest BCUT2D eigenvalue weighted by Gasteiger charge is 2.18. The molecule has 0 fully saturated rings. The van der Waals surface area contributed by atoms with Gasteiger partial charge in [-0.2, -0.15) is 0 Å². The molecule has 0 spiro atoms. The first kappa shape index (κ1) is 20.8. The van der Waals surface area contributed by atoms with Crippen molar-refractivity contribution in [2.75, 3.05) is 19.8 Å². The molecule has 1 heterocycles. The Labute approximate surface area is 170 Å². The molecule has 1 aromatic heterocycles. The third-order valence-corrected chi connectivity index (χ3v) is 4.63. The lowest BCUT2D eigenvalue weighted by Crippen LogP contribution is -2.26. The van der Waals surface area contributed by atoms with Gasteiger partial charge in [-0.25, -0.2) is 0 Å². The lowest BCUT2D eigenvalue weighted by Gasteiger charge is -2.11. The van der Waals surface area contributed by atoms with Gasteiger partial charge in [0.1, 0.15) is 5.76 Å². The summed E-state index contributed by atoms with van der Waals surface area (Å²) in [6.45, 7) is 7.75. The Morgan fingerprint density at radius 1 is 1.10 bits per heavy atom. The summed E-state index contributed by atoms with van der Waals surface area (Å²) in [6.07, 6.45) is 0.724. The second-order valence-corrected chi connectivity index (χ2v) is 7.51.